The largest absolute Gasteiger partial charge is 0.480 e. The average molecular weight is 450 g/mol. The van der Waals surface area contributed by atoms with Gasteiger partial charge in [0.1, 0.15) is 18.1 Å². The Morgan fingerprint density at radius 3 is 2.28 bits per heavy atom. The van der Waals surface area contributed by atoms with Crippen LogP contribution in [-0.2, 0) is 25.6 Å². The normalized spacial score (nSPS) is 19.3. The van der Waals surface area contributed by atoms with Crippen molar-refractivity contribution in [2.45, 2.75) is 56.5 Å². The summed E-state index contributed by atoms with van der Waals surface area (Å²) in [7, 11) is 0. The number of aliphatic carboxylic acids is 1. The van der Waals surface area contributed by atoms with Crippen LogP contribution in [0.4, 0.5) is 0 Å². The molecule has 11 nitrogen and oxygen atoms in total. The highest BCUT2D eigenvalue weighted by Crippen LogP contribution is 2.08. The Kier molecular flexibility index (Phi) is 9.57. The molecule has 1 aliphatic rings. The van der Waals surface area contributed by atoms with Crippen LogP contribution < -0.4 is 21.3 Å². The molecule has 0 radical (unpaired) electrons. The standard InChI is InChI=1S/C21H30N4O7/c1-12(27)17(20(30)24-16(11-26)21(31)32)25-19(29)15(10-13-6-3-2-4-7-13)23-18(28)14-8-5-9-22-14/h2-4,6-7,12,14-17,22,26-27H,5,8-11H2,1H3,(H,23,28)(H,24,30)(H,25,29)(H,31,32). The second kappa shape index (κ2) is 12.1. The third-order valence-corrected chi connectivity index (χ3v) is 5.15. The Balaban J connectivity index is 2.14. The molecule has 5 atom stereocenters. The number of hydrogen-bond donors (Lipinski definition) is 7. The van der Waals surface area contributed by atoms with E-state index in [1.807, 2.05) is 6.07 Å². The van der Waals surface area contributed by atoms with Gasteiger partial charge in [0.15, 0.2) is 0 Å². The van der Waals surface area contributed by atoms with Crippen LogP contribution in [0.2, 0.25) is 0 Å². The van der Waals surface area contributed by atoms with Crippen LogP contribution >= 0.6 is 0 Å². The van der Waals surface area contributed by atoms with E-state index in [0.717, 1.165) is 12.0 Å². The SMILES string of the molecule is CC(O)C(NC(=O)C(Cc1ccccc1)NC(=O)C1CCCN1)C(=O)NC(CO)C(=O)O. The van der Waals surface area contributed by atoms with Crippen LogP contribution in [0.1, 0.15) is 25.3 Å². The van der Waals surface area contributed by atoms with Gasteiger partial charge in [0.2, 0.25) is 17.7 Å². The molecule has 0 spiro atoms. The highest BCUT2D eigenvalue weighted by atomic mass is 16.4. The van der Waals surface area contributed by atoms with Gasteiger partial charge in [-0.3, -0.25) is 14.4 Å². The summed E-state index contributed by atoms with van der Waals surface area (Å²) in [6.45, 7) is 1.10. The molecule has 1 saturated heterocycles. The number of carboxylic acids is 1. The molecule has 1 aliphatic heterocycles. The van der Waals surface area contributed by atoms with Gasteiger partial charge in [-0.15, -0.1) is 0 Å². The zero-order valence-electron chi connectivity index (χ0n) is 17.8. The lowest BCUT2D eigenvalue weighted by Crippen LogP contribution is -2.60. The minimum Gasteiger partial charge on any atom is -0.480 e. The third kappa shape index (κ3) is 7.29. The fourth-order valence-corrected chi connectivity index (χ4v) is 3.35. The van der Waals surface area contributed by atoms with E-state index in [1.54, 1.807) is 24.3 Å². The maximum atomic E-state index is 13.0. The van der Waals surface area contributed by atoms with Crippen molar-refractivity contribution in [3.63, 3.8) is 0 Å². The Hall–Kier alpha value is -3.02. The van der Waals surface area contributed by atoms with Gasteiger partial charge in [-0.1, -0.05) is 30.3 Å². The number of amides is 3. The van der Waals surface area contributed by atoms with Crippen molar-refractivity contribution in [2.24, 2.45) is 0 Å². The van der Waals surface area contributed by atoms with Gasteiger partial charge in [-0.2, -0.15) is 0 Å². The lowest BCUT2D eigenvalue weighted by Gasteiger charge is -2.26. The Labute approximate surface area is 185 Å². The molecule has 0 bridgehead atoms. The number of carboxylic acid groups (broad SMARTS) is 1. The number of carbonyl (C=O) groups excluding carboxylic acids is 3. The van der Waals surface area contributed by atoms with Crippen LogP contribution in [0.3, 0.4) is 0 Å². The summed E-state index contributed by atoms with van der Waals surface area (Å²) >= 11 is 0. The second-order valence-electron chi connectivity index (χ2n) is 7.71. The zero-order valence-corrected chi connectivity index (χ0v) is 17.8. The van der Waals surface area contributed by atoms with Gasteiger partial charge < -0.3 is 36.6 Å². The molecule has 32 heavy (non-hydrogen) atoms. The topological polar surface area (TPSA) is 177 Å². The van der Waals surface area contributed by atoms with E-state index in [-0.39, 0.29) is 12.3 Å². The number of nitrogens with one attached hydrogen (secondary N) is 4. The van der Waals surface area contributed by atoms with Gasteiger partial charge in [0.05, 0.1) is 18.8 Å². The van der Waals surface area contributed by atoms with Crippen molar-refractivity contribution in [1.29, 1.82) is 0 Å². The molecule has 1 fully saturated rings. The van der Waals surface area contributed by atoms with Gasteiger partial charge in [-0.05, 0) is 31.9 Å². The number of benzene rings is 1. The molecule has 5 unspecified atom stereocenters. The summed E-state index contributed by atoms with van der Waals surface area (Å²) < 4.78 is 0. The average Bonchev–Trinajstić information content (AvgIpc) is 3.30. The third-order valence-electron chi connectivity index (χ3n) is 5.15. The minimum atomic E-state index is -1.59. The molecular weight excluding hydrogens is 420 g/mol. The Morgan fingerprint density at radius 1 is 1.06 bits per heavy atom. The van der Waals surface area contributed by atoms with Crippen molar-refractivity contribution < 1.29 is 34.5 Å². The Morgan fingerprint density at radius 2 is 1.75 bits per heavy atom. The molecule has 2 rings (SSSR count). The first kappa shape index (κ1) is 25.2. The molecule has 11 heteroatoms. The maximum absolute atomic E-state index is 13.0. The fourth-order valence-electron chi connectivity index (χ4n) is 3.35. The molecule has 0 aliphatic carbocycles. The number of aliphatic hydroxyl groups excluding tert-OH is 2. The molecule has 7 N–H and O–H groups in total. The summed E-state index contributed by atoms with van der Waals surface area (Å²) in [4.78, 5) is 49.1. The first-order chi connectivity index (χ1) is 15.2. The fraction of sp³-hybridized carbons (Fsp3) is 0.524. The minimum absolute atomic E-state index is 0.147. The van der Waals surface area contributed by atoms with E-state index >= 15 is 0 Å². The molecule has 0 saturated carbocycles. The number of hydrogen-bond acceptors (Lipinski definition) is 7. The van der Waals surface area contributed by atoms with Gasteiger partial charge in [0.25, 0.3) is 0 Å². The smallest absolute Gasteiger partial charge is 0.328 e. The molecule has 1 aromatic carbocycles. The summed E-state index contributed by atoms with van der Waals surface area (Å²) in [5, 5.41) is 38.3. The lowest BCUT2D eigenvalue weighted by molar-refractivity contribution is -0.144. The highest BCUT2D eigenvalue weighted by Gasteiger charge is 2.33. The predicted octanol–water partition coefficient (Wildman–Crippen LogP) is -2.11. The van der Waals surface area contributed by atoms with E-state index in [9.17, 15) is 24.3 Å². The molecular formula is C21H30N4O7. The number of aliphatic hydroxyl groups is 2. The molecule has 1 heterocycles. The van der Waals surface area contributed by atoms with E-state index in [1.165, 1.54) is 6.92 Å². The summed E-state index contributed by atoms with van der Waals surface area (Å²) in [6, 6.07) is 4.44. The van der Waals surface area contributed by atoms with Crippen LogP contribution in [0, 0.1) is 0 Å². The number of carbonyl (C=O) groups is 4. The van der Waals surface area contributed by atoms with E-state index in [4.69, 9.17) is 10.2 Å². The van der Waals surface area contributed by atoms with E-state index < -0.39 is 54.7 Å². The van der Waals surface area contributed by atoms with E-state index in [0.29, 0.717) is 13.0 Å². The van der Waals surface area contributed by atoms with Gasteiger partial charge >= 0.3 is 5.97 Å². The molecule has 0 aromatic heterocycles. The van der Waals surface area contributed by atoms with Crippen molar-refractivity contribution in [2.75, 3.05) is 13.2 Å². The van der Waals surface area contributed by atoms with Crippen molar-refractivity contribution in [3.05, 3.63) is 35.9 Å². The van der Waals surface area contributed by atoms with Crippen molar-refractivity contribution >= 4 is 23.7 Å². The Bertz CT molecular complexity index is 797. The molecule has 1 aromatic rings. The van der Waals surface area contributed by atoms with Crippen molar-refractivity contribution in [3.8, 4) is 0 Å². The van der Waals surface area contributed by atoms with Crippen LogP contribution in [-0.4, -0.2) is 82.4 Å². The van der Waals surface area contributed by atoms with Crippen molar-refractivity contribution in [1.82, 2.24) is 21.3 Å². The first-order valence-corrected chi connectivity index (χ1v) is 10.4. The van der Waals surface area contributed by atoms with Crippen LogP contribution in [0.5, 0.6) is 0 Å². The molecule has 3 amide bonds. The quantitative estimate of drug-likeness (QED) is 0.200. The van der Waals surface area contributed by atoms with E-state index in [2.05, 4.69) is 21.3 Å². The zero-order chi connectivity index (χ0) is 23.7. The highest BCUT2D eigenvalue weighted by molar-refractivity contribution is 5.94. The predicted molar refractivity (Wildman–Crippen MR) is 113 cm³/mol. The molecule has 176 valence electrons. The summed E-state index contributed by atoms with van der Waals surface area (Å²) in [5.74, 6) is -3.49. The summed E-state index contributed by atoms with van der Waals surface area (Å²) in [5.41, 5.74) is 0.775. The van der Waals surface area contributed by atoms with Gasteiger partial charge in [-0.25, -0.2) is 4.79 Å². The summed E-state index contributed by atoms with van der Waals surface area (Å²) in [6.07, 6.45) is 0.264. The maximum Gasteiger partial charge on any atom is 0.328 e. The second-order valence-corrected chi connectivity index (χ2v) is 7.71. The monoisotopic (exact) mass is 450 g/mol. The lowest BCUT2D eigenvalue weighted by atomic mass is 10.0. The van der Waals surface area contributed by atoms with Gasteiger partial charge in [0, 0.05) is 6.42 Å². The first-order valence-electron chi connectivity index (χ1n) is 10.4. The number of rotatable bonds is 11. The van der Waals surface area contributed by atoms with Crippen LogP contribution in [0.25, 0.3) is 0 Å². The van der Waals surface area contributed by atoms with Crippen LogP contribution in [0.15, 0.2) is 30.3 Å².